The average Bonchev–Trinajstić information content (AvgIpc) is 3.02. The number of carbonyl (C=O) groups excluding carboxylic acids is 2. The van der Waals surface area contributed by atoms with Crippen LogP contribution in [0.25, 0.3) is 0 Å². The van der Waals surface area contributed by atoms with E-state index in [1.807, 2.05) is 12.3 Å². The van der Waals surface area contributed by atoms with Crippen molar-refractivity contribution >= 4 is 11.8 Å². The zero-order chi connectivity index (χ0) is 15.8. The molecule has 6 heteroatoms. The first-order valence-electron chi connectivity index (χ1n) is 7.86. The highest BCUT2D eigenvalue weighted by Gasteiger charge is 2.23. The molecule has 2 amide bonds. The lowest BCUT2D eigenvalue weighted by molar-refractivity contribution is -0.121. The Morgan fingerprint density at radius 1 is 1.32 bits per heavy atom. The van der Waals surface area contributed by atoms with E-state index in [-0.39, 0.29) is 24.3 Å². The third-order valence-corrected chi connectivity index (χ3v) is 3.97. The number of likely N-dealkylation sites (tertiary alicyclic amines) is 1. The molecule has 0 bridgehead atoms. The normalized spacial score (nSPS) is 16.4. The molecular weight excluding hydrogens is 280 g/mol. The van der Waals surface area contributed by atoms with Gasteiger partial charge in [0.15, 0.2) is 0 Å². The second kappa shape index (κ2) is 8.48. The van der Waals surface area contributed by atoms with Gasteiger partial charge in [0.05, 0.1) is 6.04 Å². The topological polar surface area (TPSA) is 88.3 Å². The quantitative estimate of drug-likeness (QED) is 0.749. The first kappa shape index (κ1) is 16.4. The Kier molecular flexibility index (Phi) is 6.33. The Bertz CT molecular complexity index is 486. The molecule has 6 nitrogen and oxygen atoms in total. The molecule has 1 fully saturated rings. The van der Waals surface area contributed by atoms with Crippen LogP contribution >= 0.6 is 0 Å². The van der Waals surface area contributed by atoms with Crippen molar-refractivity contribution < 1.29 is 9.59 Å². The smallest absolute Gasteiger partial charge is 0.220 e. The van der Waals surface area contributed by atoms with Crippen LogP contribution in [0.1, 0.15) is 43.7 Å². The number of nitrogens with one attached hydrogen (secondary N) is 1. The molecule has 22 heavy (non-hydrogen) atoms. The van der Waals surface area contributed by atoms with E-state index in [0.717, 1.165) is 18.7 Å². The number of hydrogen-bond donors (Lipinski definition) is 2. The van der Waals surface area contributed by atoms with Crippen LogP contribution in [-0.4, -0.2) is 41.3 Å². The molecule has 1 aliphatic rings. The van der Waals surface area contributed by atoms with Gasteiger partial charge in [-0.15, -0.1) is 0 Å². The maximum absolute atomic E-state index is 11.9. The molecular formula is C16H24N4O2. The zero-order valence-corrected chi connectivity index (χ0v) is 12.8. The molecule has 0 aliphatic carbocycles. The average molecular weight is 304 g/mol. The van der Waals surface area contributed by atoms with Crippen LogP contribution < -0.4 is 11.1 Å². The summed E-state index contributed by atoms with van der Waals surface area (Å²) >= 11 is 0. The van der Waals surface area contributed by atoms with Crippen molar-refractivity contribution in [1.82, 2.24) is 15.2 Å². The maximum atomic E-state index is 11.9. The zero-order valence-electron chi connectivity index (χ0n) is 12.8. The van der Waals surface area contributed by atoms with Gasteiger partial charge in [0.2, 0.25) is 11.8 Å². The Balaban J connectivity index is 1.87. The Morgan fingerprint density at radius 2 is 2.09 bits per heavy atom. The summed E-state index contributed by atoms with van der Waals surface area (Å²) in [5, 5.41) is 2.97. The van der Waals surface area contributed by atoms with Crippen LogP contribution in [0, 0.1) is 0 Å². The van der Waals surface area contributed by atoms with Crippen molar-refractivity contribution in [2.45, 2.75) is 38.1 Å². The monoisotopic (exact) mass is 304 g/mol. The number of amides is 2. The van der Waals surface area contributed by atoms with E-state index >= 15 is 0 Å². The maximum Gasteiger partial charge on any atom is 0.220 e. The van der Waals surface area contributed by atoms with Gasteiger partial charge in [0.1, 0.15) is 0 Å². The van der Waals surface area contributed by atoms with Gasteiger partial charge in [-0.1, -0.05) is 6.07 Å². The number of hydrogen-bond acceptors (Lipinski definition) is 4. The Hall–Kier alpha value is -1.95. The molecule has 1 aromatic heterocycles. The largest absolute Gasteiger partial charge is 0.370 e. The highest BCUT2D eigenvalue weighted by molar-refractivity contribution is 5.78. The van der Waals surface area contributed by atoms with Gasteiger partial charge in [0.25, 0.3) is 0 Å². The van der Waals surface area contributed by atoms with E-state index in [9.17, 15) is 9.59 Å². The summed E-state index contributed by atoms with van der Waals surface area (Å²) in [6, 6.07) is 4.14. The lowest BCUT2D eigenvalue weighted by atomic mass is 10.1. The summed E-state index contributed by atoms with van der Waals surface area (Å²) in [4.78, 5) is 29.1. The number of nitrogens with two attached hydrogens (primary N) is 1. The fourth-order valence-corrected chi connectivity index (χ4v) is 2.81. The van der Waals surface area contributed by atoms with Crippen LogP contribution in [0.4, 0.5) is 0 Å². The fourth-order valence-electron chi connectivity index (χ4n) is 2.81. The minimum absolute atomic E-state index is 0.0330. The number of nitrogens with zero attached hydrogens (tertiary/aromatic N) is 2. The van der Waals surface area contributed by atoms with Crippen LogP contribution in [-0.2, 0) is 9.59 Å². The van der Waals surface area contributed by atoms with E-state index in [1.54, 1.807) is 6.20 Å². The summed E-state index contributed by atoms with van der Waals surface area (Å²) in [5.41, 5.74) is 6.20. The number of primary amides is 1. The highest BCUT2D eigenvalue weighted by atomic mass is 16.2. The molecule has 0 aromatic carbocycles. The minimum Gasteiger partial charge on any atom is -0.370 e. The number of aromatic nitrogens is 1. The lowest BCUT2D eigenvalue weighted by Gasteiger charge is -2.28. The molecule has 1 aliphatic heterocycles. The molecule has 1 aromatic rings. The first-order valence-corrected chi connectivity index (χ1v) is 7.86. The van der Waals surface area contributed by atoms with E-state index in [4.69, 9.17) is 5.73 Å². The summed E-state index contributed by atoms with van der Waals surface area (Å²) in [6.45, 7) is 2.68. The summed E-state index contributed by atoms with van der Waals surface area (Å²) in [7, 11) is 0. The predicted octanol–water partition coefficient (Wildman–Crippen LogP) is 0.990. The van der Waals surface area contributed by atoms with Crippen molar-refractivity contribution in [3.63, 3.8) is 0 Å². The molecule has 0 saturated carbocycles. The van der Waals surface area contributed by atoms with Gasteiger partial charge in [-0.2, -0.15) is 0 Å². The van der Waals surface area contributed by atoms with Gasteiger partial charge < -0.3 is 11.1 Å². The SMILES string of the molecule is NC(=O)CCCC(=O)NCC(c1cccnc1)N1CCCC1. The number of rotatable bonds is 8. The number of pyridine rings is 1. The minimum atomic E-state index is -0.363. The highest BCUT2D eigenvalue weighted by Crippen LogP contribution is 2.23. The van der Waals surface area contributed by atoms with Crippen molar-refractivity contribution in [1.29, 1.82) is 0 Å². The Labute approximate surface area is 131 Å². The third kappa shape index (κ3) is 5.11. The van der Waals surface area contributed by atoms with Gasteiger partial charge in [-0.05, 0) is 44.0 Å². The van der Waals surface area contributed by atoms with Gasteiger partial charge >= 0.3 is 0 Å². The molecule has 1 saturated heterocycles. The van der Waals surface area contributed by atoms with Crippen molar-refractivity contribution in [3.05, 3.63) is 30.1 Å². The van der Waals surface area contributed by atoms with Crippen molar-refractivity contribution in [2.75, 3.05) is 19.6 Å². The molecule has 2 heterocycles. The third-order valence-electron chi connectivity index (χ3n) is 3.97. The molecule has 120 valence electrons. The van der Waals surface area contributed by atoms with Gasteiger partial charge in [0, 0.05) is 31.8 Å². The van der Waals surface area contributed by atoms with E-state index in [0.29, 0.717) is 19.4 Å². The Morgan fingerprint density at radius 3 is 2.73 bits per heavy atom. The molecule has 2 rings (SSSR count). The summed E-state index contributed by atoms with van der Waals surface area (Å²) in [6.07, 6.45) is 7.11. The van der Waals surface area contributed by atoms with Gasteiger partial charge in [-0.3, -0.25) is 19.5 Å². The van der Waals surface area contributed by atoms with Crippen molar-refractivity contribution in [2.24, 2.45) is 5.73 Å². The standard InChI is InChI=1S/C16H24N4O2/c17-15(21)6-3-7-16(22)19-12-14(20-9-1-2-10-20)13-5-4-8-18-11-13/h4-5,8,11,14H,1-3,6-7,9-10,12H2,(H2,17,21)(H,19,22). The second-order valence-corrected chi connectivity index (χ2v) is 5.67. The predicted molar refractivity (Wildman–Crippen MR) is 83.8 cm³/mol. The second-order valence-electron chi connectivity index (χ2n) is 5.67. The summed E-state index contributed by atoms with van der Waals surface area (Å²) < 4.78 is 0. The van der Waals surface area contributed by atoms with E-state index < -0.39 is 0 Å². The fraction of sp³-hybridized carbons (Fsp3) is 0.562. The van der Waals surface area contributed by atoms with Crippen LogP contribution in [0.5, 0.6) is 0 Å². The van der Waals surface area contributed by atoms with Gasteiger partial charge in [-0.25, -0.2) is 0 Å². The van der Waals surface area contributed by atoms with E-state index in [2.05, 4.69) is 21.3 Å². The van der Waals surface area contributed by atoms with E-state index in [1.165, 1.54) is 12.8 Å². The summed E-state index contributed by atoms with van der Waals surface area (Å²) in [5.74, 6) is -0.396. The molecule has 0 spiro atoms. The molecule has 0 radical (unpaired) electrons. The van der Waals surface area contributed by atoms with Crippen LogP contribution in [0.3, 0.4) is 0 Å². The van der Waals surface area contributed by atoms with Crippen molar-refractivity contribution in [3.8, 4) is 0 Å². The molecule has 3 N–H and O–H groups in total. The molecule has 1 unspecified atom stereocenters. The lowest BCUT2D eigenvalue weighted by Crippen LogP contribution is -2.36. The van der Waals surface area contributed by atoms with Crippen LogP contribution in [0.2, 0.25) is 0 Å². The van der Waals surface area contributed by atoms with Crippen LogP contribution in [0.15, 0.2) is 24.5 Å². The first-order chi connectivity index (χ1) is 10.7. The number of carbonyl (C=O) groups is 2. The molecule has 1 atom stereocenters.